The monoisotopic (exact) mass is 226 g/mol. The summed E-state index contributed by atoms with van der Waals surface area (Å²) >= 11 is 0. The van der Waals surface area contributed by atoms with Crippen LogP contribution < -0.4 is 10.6 Å². The lowest BCUT2D eigenvalue weighted by molar-refractivity contribution is -0.126. The predicted octanol–water partition coefficient (Wildman–Crippen LogP) is 1.93. The second-order valence-electron chi connectivity index (χ2n) is 5.82. The zero-order valence-corrected chi connectivity index (χ0v) is 11.1. The van der Waals surface area contributed by atoms with Crippen LogP contribution >= 0.6 is 0 Å². The molecule has 1 aliphatic rings. The summed E-state index contributed by atoms with van der Waals surface area (Å²) in [4.78, 5) is 11.9. The largest absolute Gasteiger partial charge is 0.355 e. The number of nitrogens with one attached hydrogen (secondary N) is 2. The molecule has 3 heteroatoms. The first-order valence-electron chi connectivity index (χ1n) is 6.45. The third-order valence-corrected chi connectivity index (χ3v) is 3.73. The summed E-state index contributed by atoms with van der Waals surface area (Å²) in [5.74, 6) is 0.393. The first-order valence-corrected chi connectivity index (χ1v) is 6.45. The van der Waals surface area contributed by atoms with Gasteiger partial charge in [0, 0.05) is 19.1 Å². The normalized spacial score (nSPS) is 26.5. The summed E-state index contributed by atoms with van der Waals surface area (Å²) < 4.78 is 0. The molecule has 0 aromatic heterocycles. The maximum atomic E-state index is 11.9. The average Bonchev–Trinajstić information content (AvgIpc) is 2.27. The second-order valence-corrected chi connectivity index (χ2v) is 5.82. The predicted molar refractivity (Wildman–Crippen MR) is 67.3 cm³/mol. The van der Waals surface area contributed by atoms with Crippen LogP contribution in [0.2, 0.25) is 0 Å². The molecule has 0 bridgehead atoms. The van der Waals surface area contributed by atoms with Gasteiger partial charge in [-0.1, -0.05) is 20.8 Å². The van der Waals surface area contributed by atoms with Crippen molar-refractivity contribution in [3.05, 3.63) is 0 Å². The highest BCUT2D eigenvalue weighted by Gasteiger charge is 2.25. The molecule has 1 saturated heterocycles. The van der Waals surface area contributed by atoms with E-state index in [2.05, 4.69) is 38.3 Å². The van der Waals surface area contributed by atoms with Gasteiger partial charge in [-0.05, 0) is 31.6 Å². The molecule has 1 fully saturated rings. The molecule has 0 saturated carbocycles. The van der Waals surface area contributed by atoms with Crippen LogP contribution in [-0.4, -0.2) is 25.0 Å². The maximum absolute atomic E-state index is 11.9. The van der Waals surface area contributed by atoms with Crippen molar-refractivity contribution in [2.24, 2.45) is 11.3 Å². The molecular weight excluding hydrogens is 200 g/mol. The molecule has 2 atom stereocenters. The summed E-state index contributed by atoms with van der Waals surface area (Å²) in [6, 6.07) is 0.566. The molecule has 0 aromatic rings. The minimum absolute atomic E-state index is 0.170. The second kappa shape index (κ2) is 5.67. The Bertz CT molecular complexity index is 230. The van der Waals surface area contributed by atoms with E-state index in [1.807, 2.05) is 0 Å². The summed E-state index contributed by atoms with van der Waals surface area (Å²) in [7, 11) is 0. The summed E-state index contributed by atoms with van der Waals surface area (Å²) in [6.45, 7) is 10.3. The molecular formula is C13H26N2O. The number of carbonyl (C=O) groups excluding carboxylic acids is 1. The zero-order chi connectivity index (χ0) is 12.2. The van der Waals surface area contributed by atoms with Crippen LogP contribution in [0.15, 0.2) is 0 Å². The Labute approximate surface area is 99.4 Å². The maximum Gasteiger partial charge on any atom is 0.224 e. The molecule has 1 amide bonds. The number of piperidine rings is 1. The summed E-state index contributed by atoms with van der Waals surface area (Å²) in [5, 5.41) is 6.44. The molecule has 0 aliphatic carbocycles. The van der Waals surface area contributed by atoms with Crippen molar-refractivity contribution in [3.63, 3.8) is 0 Å². The highest BCUT2D eigenvalue weighted by Crippen LogP contribution is 2.19. The van der Waals surface area contributed by atoms with E-state index in [9.17, 15) is 4.79 Å². The van der Waals surface area contributed by atoms with Crippen LogP contribution in [0.4, 0.5) is 0 Å². The molecule has 0 radical (unpaired) electrons. The van der Waals surface area contributed by atoms with Gasteiger partial charge in [-0.2, -0.15) is 0 Å². The minimum Gasteiger partial charge on any atom is -0.355 e. The molecule has 0 aromatic carbocycles. The van der Waals surface area contributed by atoms with Gasteiger partial charge in [0.2, 0.25) is 5.91 Å². The highest BCUT2D eigenvalue weighted by molar-refractivity contribution is 5.79. The van der Waals surface area contributed by atoms with E-state index in [0.717, 1.165) is 32.4 Å². The fraction of sp³-hybridized carbons (Fsp3) is 0.923. The molecule has 3 nitrogen and oxygen atoms in total. The standard InChI is InChI=1S/C13H26N2O/c1-5-13(3,4)9-15-12(16)11-7-6-10(2)14-8-11/h10-11,14H,5-9H2,1-4H3,(H,15,16). The number of hydrogen-bond donors (Lipinski definition) is 2. The van der Waals surface area contributed by atoms with Crippen molar-refractivity contribution in [2.75, 3.05) is 13.1 Å². The Hall–Kier alpha value is -0.570. The molecule has 2 N–H and O–H groups in total. The van der Waals surface area contributed by atoms with E-state index >= 15 is 0 Å². The first-order chi connectivity index (χ1) is 7.44. The van der Waals surface area contributed by atoms with Crippen LogP contribution in [-0.2, 0) is 4.79 Å². The molecule has 1 rings (SSSR count). The number of carbonyl (C=O) groups is 1. The molecule has 2 unspecified atom stereocenters. The number of amides is 1. The lowest BCUT2D eigenvalue weighted by atomic mass is 9.89. The molecule has 1 heterocycles. The van der Waals surface area contributed by atoms with E-state index in [1.54, 1.807) is 0 Å². The Balaban J connectivity index is 2.30. The fourth-order valence-electron chi connectivity index (χ4n) is 1.82. The van der Waals surface area contributed by atoms with Crippen molar-refractivity contribution >= 4 is 5.91 Å². The van der Waals surface area contributed by atoms with Gasteiger partial charge in [0.05, 0.1) is 5.92 Å². The fourth-order valence-corrected chi connectivity index (χ4v) is 1.82. The van der Waals surface area contributed by atoms with Gasteiger partial charge < -0.3 is 10.6 Å². The van der Waals surface area contributed by atoms with Crippen LogP contribution in [0.3, 0.4) is 0 Å². The quantitative estimate of drug-likeness (QED) is 0.769. The topological polar surface area (TPSA) is 41.1 Å². The lowest BCUT2D eigenvalue weighted by Crippen LogP contribution is -2.45. The van der Waals surface area contributed by atoms with Gasteiger partial charge in [0.25, 0.3) is 0 Å². The van der Waals surface area contributed by atoms with Crippen LogP contribution in [0.5, 0.6) is 0 Å². The Morgan fingerprint density at radius 1 is 1.44 bits per heavy atom. The van der Waals surface area contributed by atoms with Crippen LogP contribution in [0.1, 0.15) is 47.0 Å². The van der Waals surface area contributed by atoms with Crippen LogP contribution in [0, 0.1) is 11.3 Å². The summed E-state index contributed by atoms with van der Waals surface area (Å²) in [5.41, 5.74) is 0.213. The van der Waals surface area contributed by atoms with Gasteiger partial charge in [-0.15, -0.1) is 0 Å². The highest BCUT2D eigenvalue weighted by atomic mass is 16.1. The lowest BCUT2D eigenvalue weighted by Gasteiger charge is -2.29. The van der Waals surface area contributed by atoms with E-state index < -0.39 is 0 Å². The summed E-state index contributed by atoms with van der Waals surface area (Å²) in [6.07, 6.45) is 3.22. The van der Waals surface area contributed by atoms with Crippen molar-refractivity contribution in [1.82, 2.24) is 10.6 Å². The van der Waals surface area contributed by atoms with Gasteiger partial charge in [0.15, 0.2) is 0 Å². The van der Waals surface area contributed by atoms with Crippen LogP contribution in [0.25, 0.3) is 0 Å². The molecule has 94 valence electrons. The Morgan fingerprint density at radius 2 is 2.12 bits per heavy atom. The first kappa shape index (κ1) is 13.5. The van der Waals surface area contributed by atoms with E-state index in [-0.39, 0.29) is 17.2 Å². The molecule has 16 heavy (non-hydrogen) atoms. The Kier molecular flexibility index (Phi) is 4.78. The molecule has 1 aliphatic heterocycles. The van der Waals surface area contributed by atoms with Gasteiger partial charge >= 0.3 is 0 Å². The Morgan fingerprint density at radius 3 is 2.62 bits per heavy atom. The SMILES string of the molecule is CCC(C)(C)CNC(=O)C1CCC(C)NC1. The van der Waals surface area contributed by atoms with Gasteiger partial charge in [0.1, 0.15) is 0 Å². The van der Waals surface area contributed by atoms with Gasteiger partial charge in [-0.25, -0.2) is 0 Å². The van der Waals surface area contributed by atoms with Crippen molar-refractivity contribution in [3.8, 4) is 0 Å². The van der Waals surface area contributed by atoms with E-state index in [1.165, 1.54) is 0 Å². The van der Waals surface area contributed by atoms with Crippen molar-refractivity contribution in [2.45, 2.75) is 53.0 Å². The molecule has 0 spiro atoms. The van der Waals surface area contributed by atoms with E-state index in [4.69, 9.17) is 0 Å². The number of rotatable bonds is 4. The zero-order valence-electron chi connectivity index (χ0n) is 11.1. The van der Waals surface area contributed by atoms with Crippen molar-refractivity contribution in [1.29, 1.82) is 0 Å². The van der Waals surface area contributed by atoms with E-state index in [0.29, 0.717) is 6.04 Å². The van der Waals surface area contributed by atoms with Gasteiger partial charge in [-0.3, -0.25) is 4.79 Å². The minimum atomic E-state index is 0.170. The average molecular weight is 226 g/mol. The third-order valence-electron chi connectivity index (χ3n) is 3.73. The van der Waals surface area contributed by atoms with Crippen molar-refractivity contribution < 1.29 is 4.79 Å². The number of hydrogen-bond acceptors (Lipinski definition) is 2. The third kappa shape index (κ3) is 4.12. The smallest absolute Gasteiger partial charge is 0.224 e.